The molecule has 0 radical (unpaired) electrons. The number of ether oxygens (including phenoxy) is 2. The minimum Gasteiger partial charge on any atom is -0.494 e. The number of benzene rings is 2. The van der Waals surface area contributed by atoms with E-state index in [9.17, 15) is 32.3 Å². The van der Waals surface area contributed by atoms with E-state index in [1.54, 1.807) is 13.0 Å². The zero-order chi connectivity index (χ0) is 32.2. The molecule has 13 heteroatoms. The van der Waals surface area contributed by atoms with E-state index in [0.717, 1.165) is 29.5 Å². The number of alkyl halides is 3. The quantitative estimate of drug-likeness (QED) is 0.264. The molecule has 0 saturated carbocycles. The Kier molecular flexibility index (Phi) is 7.48. The van der Waals surface area contributed by atoms with Gasteiger partial charge in [-0.15, -0.1) is 0 Å². The molecule has 1 aliphatic heterocycles. The van der Waals surface area contributed by atoms with E-state index in [2.05, 4.69) is 15.3 Å². The summed E-state index contributed by atoms with van der Waals surface area (Å²) in [6, 6.07) is 10.1. The van der Waals surface area contributed by atoms with E-state index in [4.69, 9.17) is 15.2 Å². The van der Waals surface area contributed by atoms with Gasteiger partial charge in [0.1, 0.15) is 40.5 Å². The van der Waals surface area contributed by atoms with Crippen LogP contribution in [0.1, 0.15) is 39.8 Å². The topological polar surface area (TPSA) is 137 Å². The van der Waals surface area contributed by atoms with Crippen molar-refractivity contribution in [2.75, 3.05) is 20.3 Å². The summed E-state index contributed by atoms with van der Waals surface area (Å²) in [7, 11) is 1.37. The van der Waals surface area contributed by atoms with Gasteiger partial charge in [-0.1, -0.05) is 0 Å². The van der Waals surface area contributed by atoms with E-state index in [1.165, 1.54) is 38.3 Å². The number of hydrogen-bond donors (Lipinski definition) is 3. The molecule has 2 aromatic heterocycles. The molecule has 2 aromatic carbocycles. The van der Waals surface area contributed by atoms with E-state index in [-0.39, 0.29) is 40.5 Å². The van der Waals surface area contributed by atoms with Gasteiger partial charge in [0, 0.05) is 27.8 Å². The third-order valence-electron chi connectivity index (χ3n) is 7.94. The van der Waals surface area contributed by atoms with Gasteiger partial charge in [0.2, 0.25) is 11.5 Å². The van der Waals surface area contributed by atoms with Gasteiger partial charge in [0.05, 0.1) is 19.3 Å². The van der Waals surface area contributed by atoms with Crippen molar-refractivity contribution in [1.29, 1.82) is 0 Å². The number of aliphatic hydroxyl groups is 1. The highest BCUT2D eigenvalue weighted by atomic mass is 19.4. The molecular weight excluding hydrogens is 584 g/mol. The van der Waals surface area contributed by atoms with Crippen LogP contribution in [0.15, 0.2) is 48.5 Å². The van der Waals surface area contributed by atoms with Crippen molar-refractivity contribution < 1.29 is 41.7 Å². The Labute approximate surface area is 249 Å². The van der Waals surface area contributed by atoms with Crippen molar-refractivity contribution in [2.45, 2.75) is 38.0 Å². The smallest absolute Gasteiger partial charge is 0.424 e. The van der Waals surface area contributed by atoms with E-state index in [0.29, 0.717) is 10.9 Å². The molecule has 0 spiro atoms. The maximum Gasteiger partial charge on any atom is 0.424 e. The lowest BCUT2D eigenvalue weighted by molar-refractivity contribution is -0.265. The first-order valence-corrected chi connectivity index (χ1v) is 13.4. The number of hydrogen-bond acceptors (Lipinski definition) is 7. The monoisotopic (exact) mass is 612 g/mol. The summed E-state index contributed by atoms with van der Waals surface area (Å²) >= 11 is 0. The fourth-order valence-corrected chi connectivity index (χ4v) is 4.99. The molecule has 3 heterocycles. The maximum absolute atomic E-state index is 14.7. The predicted octanol–water partition coefficient (Wildman–Crippen LogP) is 4.38. The molecule has 4 N–H and O–H groups in total. The molecule has 9 nitrogen and oxygen atoms in total. The number of nitrogens with zero attached hydrogens (tertiary/aromatic N) is 2. The summed E-state index contributed by atoms with van der Waals surface area (Å²) in [5, 5.41) is 13.9. The van der Waals surface area contributed by atoms with Crippen molar-refractivity contribution in [3.05, 3.63) is 82.4 Å². The summed E-state index contributed by atoms with van der Waals surface area (Å²) in [6.45, 7) is 3.38. The number of methoxy groups -OCH3 is 1. The fourth-order valence-electron chi connectivity index (χ4n) is 4.99. The van der Waals surface area contributed by atoms with Crippen molar-refractivity contribution in [3.8, 4) is 22.8 Å². The van der Waals surface area contributed by atoms with Crippen LogP contribution in [-0.4, -0.2) is 53.3 Å². The molecule has 2 amide bonds. The summed E-state index contributed by atoms with van der Waals surface area (Å²) in [5.41, 5.74) is 1.32. The number of aromatic nitrogens is 2. The van der Waals surface area contributed by atoms with Crippen molar-refractivity contribution >= 4 is 22.7 Å². The number of primary amides is 1. The number of amides is 2. The first kappa shape index (κ1) is 30.7. The summed E-state index contributed by atoms with van der Waals surface area (Å²) in [5.74, 6) is -2.22. The van der Waals surface area contributed by atoms with Gasteiger partial charge in [0.15, 0.2) is 0 Å². The number of carbonyl (C=O) groups excluding carboxylic acids is 2. The number of nitrogens with two attached hydrogens (primary N) is 1. The van der Waals surface area contributed by atoms with E-state index < -0.39 is 47.1 Å². The number of halogens is 4. The van der Waals surface area contributed by atoms with Gasteiger partial charge in [-0.25, -0.2) is 14.4 Å². The van der Waals surface area contributed by atoms with Crippen molar-refractivity contribution in [3.63, 3.8) is 0 Å². The largest absolute Gasteiger partial charge is 0.494 e. The second-order valence-electron chi connectivity index (χ2n) is 10.9. The van der Waals surface area contributed by atoms with Gasteiger partial charge < -0.3 is 25.6 Å². The lowest BCUT2D eigenvalue weighted by Crippen LogP contribution is -2.51. The molecule has 5 rings (SSSR count). The summed E-state index contributed by atoms with van der Waals surface area (Å²) in [4.78, 5) is 34.2. The molecule has 0 bridgehead atoms. The molecule has 0 fully saturated rings. The van der Waals surface area contributed by atoms with Gasteiger partial charge in [-0.2, -0.15) is 13.2 Å². The zero-order valence-electron chi connectivity index (χ0n) is 24.1. The van der Waals surface area contributed by atoms with Crippen LogP contribution in [-0.2, 0) is 15.8 Å². The molecule has 1 aliphatic rings. The molecule has 0 aliphatic carbocycles. The molecule has 0 saturated heterocycles. The Morgan fingerprint density at radius 1 is 1.11 bits per heavy atom. The Balaban J connectivity index is 1.59. The molecule has 4 aromatic rings. The highest BCUT2D eigenvalue weighted by molar-refractivity contribution is 6.00. The van der Waals surface area contributed by atoms with Gasteiger partial charge in [0.25, 0.3) is 5.91 Å². The van der Waals surface area contributed by atoms with Crippen LogP contribution in [0.3, 0.4) is 0 Å². The molecular formula is C31H28F4N4O5. The Morgan fingerprint density at radius 3 is 2.41 bits per heavy atom. The fraction of sp³-hybridized carbons (Fsp3) is 0.290. The van der Waals surface area contributed by atoms with Crippen LogP contribution in [0.2, 0.25) is 0 Å². The molecule has 2 atom stereocenters. The first-order valence-electron chi connectivity index (χ1n) is 13.4. The lowest BCUT2D eigenvalue weighted by atomic mass is 9.81. The standard InChI is InChI=1S/C31H28F4N4O5/c1-15-9-18-10-19(11-22(43-4)24(18)38-16(15)2)27(40)37-13-30(42,31(33,34)35)23-12-21-26(44-14-29(21,3)28(36)41)25(39-23)17-5-7-20(32)8-6-17/h5-12,42H,13-14H2,1-4H3,(H2,36,41)(H,37,40)/t29-,30-/m0/s1. The maximum atomic E-state index is 14.7. The number of fused-ring (bicyclic) bond motifs is 2. The molecule has 0 unspecified atom stereocenters. The number of nitrogens with one attached hydrogen (secondary N) is 1. The van der Waals surface area contributed by atoms with Gasteiger partial charge in [-0.05, 0) is 74.9 Å². The third kappa shape index (κ3) is 5.06. The normalized spacial score (nSPS) is 17.5. The highest BCUT2D eigenvalue weighted by Gasteiger charge is 2.57. The Morgan fingerprint density at radius 2 is 1.80 bits per heavy atom. The third-order valence-corrected chi connectivity index (χ3v) is 7.94. The number of pyridine rings is 2. The second-order valence-corrected chi connectivity index (χ2v) is 10.9. The van der Waals surface area contributed by atoms with Crippen LogP contribution in [0.5, 0.6) is 11.5 Å². The number of aryl methyl sites for hydroxylation is 2. The first-order chi connectivity index (χ1) is 20.6. The summed E-state index contributed by atoms with van der Waals surface area (Å²) in [6.07, 6.45) is -5.36. The average molecular weight is 613 g/mol. The van der Waals surface area contributed by atoms with Crippen LogP contribution in [0, 0.1) is 19.7 Å². The SMILES string of the molecule is COc1cc(C(=O)NC[C@](O)(c2cc3c(c(-c4ccc(F)cc4)n2)OC[C@]3(C)C(N)=O)C(F)(F)F)cc2cc(C)c(C)nc12. The highest BCUT2D eigenvalue weighted by Crippen LogP contribution is 2.47. The van der Waals surface area contributed by atoms with E-state index >= 15 is 0 Å². The zero-order valence-corrected chi connectivity index (χ0v) is 24.1. The van der Waals surface area contributed by atoms with Crippen molar-refractivity contribution in [2.24, 2.45) is 5.73 Å². The van der Waals surface area contributed by atoms with E-state index in [1.807, 2.05) is 6.92 Å². The number of rotatable bonds is 7. The summed E-state index contributed by atoms with van der Waals surface area (Å²) < 4.78 is 68.8. The van der Waals surface area contributed by atoms with Crippen LogP contribution >= 0.6 is 0 Å². The Hall–Kier alpha value is -4.78. The van der Waals surface area contributed by atoms with Crippen LogP contribution in [0.25, 0.3) is 22.2 Å². The molecule has 230 valence electrons. The minimum atomic E-state index is -5.36. The van der Waals surface area contributed by atoms with Crippen LogP contribution < -0.4 is 20.5 Å². The minimum absolute atomic E-state index is 0.0300. The number of carbonyl (C=O) groups is 2. The lowest BCUT2D eigenvalue weighted by Gasteiger charge is -2.31. The predicted molar refractivity (Wildman–Crippen MR) is 152 cm³/mol. The van der Waals surface area contributed by atoms with Crippen molar-refractivity contribution in [1.82, 2.24) is 15.3 Å². The average Bonchev–Trinajstić information content (AvgIpc) is 3.33. The second kappa shape index (κ2) is 10.7. The van der Waals surface area contributed by atoms with Crippen LogP contribution in [0.4, 0.5) is 17.6 Å². The van der Waals surface area contributed by atoms with Gasteiger partial charge in [-0.3, -0.25) is 9.59 Å². The Bertz CT molecular complexity index is 1810. The molecule has 44 heavy (non-hydrogen) atoms. The van der Waals surface area contributed by atoms with Gasteiger partial charge >= 0.3 is 6.18 Å².